The van der Waals surface area contributed by atoms with E-state index in [1.807, 2.05) is 0 Å². The van der Waals surface area contributed by atoms with Crippen LogP contribution in [0.2, 0.25) is 0 Å². The Balaban J connectivity index is 2.00. The monoisotopic (exact) mass is 372 g/mol. The molecule has 0 spiro atoms. The van der Waals surface area contributed by atoms with Gasteiger partial charge in [0.2, 0.25) is 0 Å². The van der Waals surface area contributed by atoms with Crippen LogP contribution in [0.5, 0.6) is 0 Å². The number of alkyl halides is 3. The second kappa shape index (κ2) is 6.85. The maximum absolute atomic E-state index is 12.9. The summed E-state index contributed by atoms with van der Waals surface area (Å²) in [6.45, 7) is 4.16. The fourth-order valence-corrected chi connectivity index (χ4v) is 2.41. The fraction of sp³-hybridized carbons (Fsp3) is 0.438. The standard InChI is InChI=1S/C16H19F3N4O3/c1-4-15(3)13(25)23(14(26)21-15)22-12(24)8-20-10-6-5-9(2)11(7-10)16(17,18)19/h5-7,20H,4,8H2,1-3H3,(H,21,26)(H,22,24). The van der Waals surface area contributed by atoms with Crippen LogP contribution in [-0.2, 0) is 15.8 Å². The number of hydrazine groups is 1. The summed E-state index contributed by atoms with van der Waals surface area (Å²) in [6, 6.07) is 2.82. The average Bonchev–Trinajstić information content (AvgIpc) is 2.77. The Morgan fingerprint density at radius 1 is 1.31 bits per heavy atom. The molecule has 1 fully saturated rings. The maximum Gasteiger partial charge on any atom is 0.416 e. The van der Waals surface area contributed by atoms with E-state index < -0.39 is 41.7 Å². The molecule has 142 valence electrons. The molecule has 1 unspecified atom stereocenters. The van der Waals surface area contributed by atoms with Crippen molar-refractivity contribution in [3.8, 4) is 0 Å². The molecule has 1 aliphatic heterocycles. The quantitative estimate of drug-likeness (QED) is 0.691. The van der Waals surface area contributed by atoms with Gasteiger partial charge in [0.15, 0.2) is 0 Å². The summed E-state index contributed by atoms with van der Waals surface area (Å²) in [5.74, 6) is -1.35. The molecule has 1 aliphatic rings. The second-order valence-corrected chi connectivity index (χ2v) is 6.17. The molecule has 0 saturated carbocycles. The summed E-state index contributed by atoms with van der Waals surface area (Å²) < 4.78 is 38.7. The number of amides is 4. The van der Waals surface area contributed by atoms with Crippen LogP contribution in [0.4, 0.5) is 23.7 Å². The lowest BCUT2D eigenvalue weighted by atomic mass is 10.00. The van der Waals surface area contributed by atoms with E-state index in [-0.39, 0.29) is 11.3 Å². The Bertz CT molecular complexity index is 751. The Morgan fingerprint density at radius 2 is 1.96 bits per heavy atom. The Labute approximate surface area is 147 Å². The SMILES string of the molecule is CCC1(C)NC(=O)N(NC(=O)CNc2ccc(C)c(C(F)(F)F)c2)C1=O. The molecule has 1 aromatic carbocycles. The van der Waals surface area contributed by atoms with Crippen molar-refractivity contribution in [2.45, 2.75) is 38.9 Å². The number of carbonyl (C=O) groups is 3. The van der Waals surface area contributed by atoms with Crippen molar-refractivity contribution >= 4 is 23.5 Å². The number of hydrogen-bond acceptors (Lipinski definition) is 4. The number of aryl methyl sites for hydroxylation is 1. The van der Waals surface area contributed by atoms with Gasteiger partial charge in [-0.2, -0.15) is 18.2 Å². The molecule has 0 aromatic heterocycles. The highest BCUT2D eigenvalue weighted by molar-refractivity contribution is 6.07. The molecule has 0 radical (unpaired) electrons. The van der Waals surface area contributed by atoms with Gasteiger partial charge in [0, 0.05) is 5.69 Å². The summed E-state index contributed by atoms with van der Waals surface area (Å²) in [5.41, 5.74) is 0.384. The number of nitrogens with zero attached hydrogens (tertiary/aromatic N) is 1. The van der Waals surface area contributed by atoms with E-state index in [1.165, 1.54) is 26.0 Å². The normalized spacial score (nSPS) is 20.2. The number of urea groups is 1. The van der Waals surface area contributed by atoms with Gasteiger partial charge in [-0.15, -0.1) is 0 Å². The highest BCUT2D eigenvalue weighted by Crippen LogP contribution is 2.33. The zero-order chi connectivity index (χ0) is 19.7. The van der Waals surface area contributed by atoms with Crippen molar-refractivity contribution in [2.75, 3.05) is 11.9 Å². The predicted molar refractivity (Wildman–Crippen MR) is 86.9 cm³/mol. The first-order valence-corrected chi connectivity index (χ1v) is 7.86. The van der Waals surface area contributed by atoms with Crippen molar-refractivity contribution in [3.63, 3.8) is 0 Å². The highest BCUT2D eigenvalue weighted by atomic mass is 19.4. The van der Waals surface area contributed by atoms with E-state index in [2.05, 4.69) is 16.1 Å². The number of carbonyl (C=O) groups excluding carboxylic acids is 3. The third-order valence-corrected chi connectivity index (χ3v) is 4.20. The van der Waals surface area contributed by atoms with Gasteiger partial charge in [-0.25, -0.2) is 4.79 Å². The first-order valence-electron chi connectivity index (χ1n) is 7.86. The van der Waals surface area contributed by atoms with Crippen molar-refractivity contribution in [3.05, 3.63) is 29.3 Å². The maximum atomic E-state index is 12.9. The van der Waals surface area contributed by atoms with E-state index in [1.54, 1.807) is 6.92 Å². The zero-order valence-corrected chi connectivity index (χ0v) is 14.5. The van der Waals surface area contributed by atoms with E-state index >= 15 is 0 Å². The minimum atomic E-state index is -4.51. The summed E-state index contributed by atoms with van der Waals surface area (Å²) in [6.07, 6.45) is -4.17. The Morgan fingerprint density at radius 3 is 2.50 bits per heavy atom. The molecule has 10 heteroatoms. The molecule has 1 saturated heterocycles. The molecule has 1 aromatic rings. The van der Waals surface area contributed by atoms with Crippen molar-refractivity contribution in [1.82, 2.24) is 15.8 Å². The fourth-order valence-electron chi connectivity index (χ4n) is 2.41. The third kappa shape index (κ3) is 3.89. The van der Waals surface area contributed by atoms with Gasteiger partial charge < -0.3 is 10.6 Å². The number of hydrogen-bond donors (Lipinski definition) is 3. The molecule has 1 heterocycles. The summed E-state index contributed by atoms with van der Waals surface area (Å²) in [4.78, 5) is 35.9. The molecular formula is C16H19F3N4O3. The van der Waals surface area contributed by atoms with Crippen LogP contribution in [0.25, 0.3) is 0 Å². The molecule has 4 amide bonds. The second-order valence-electron chi connectivity index (χ2n) is 6.17. The summed E-state index contributed by atoms with van der Waals surface area (Å²) in [5, 5.41) is 5.58. The Kier molecular flexibility index (Phi) is 5.15. The van der Waals surface area contributed by atoms with E-state index in [9.17, 15) is 27.6 Å². The molecular weight excluding hydrogens is 353 g/mol. The average molecular weight is 372 g/mol. The van der Waals surface area contributed by atoms with Crippen LogP contribution >= 0.6 is 0 Å². The summed E-state index contributed by atoms with van der Waals surface area (Å²) in [7, 11) is 0. The van der Waals surface area contributed by atoms with Gasteiger partial charge in [0.1, 0.15) is 5.54 Å². The molecule has 3 N–H and O–H groups in total. The van der Waals surface area contributed by atoms with E-state index in [4.69, 9.17) is 0 Å². The topological polar surface area (TPSA) is 90.5 Å². The number of imide groups is 1. The van der Waals surface area contributed by atoms with Gasteiger partial charge in [0.25, 0.3) is 11.8 Å². The number of rotatable bonds is 5. The molecule has 0 aliphatic carbocycles. The molecule has 26 heavy (non-hydrogen) atoms. The smallest absolute Gasteiger partial charge is 0.376 e. The van der Waals surface area contributed by atoms with Crippen molar-refractivity contribution in [2.24, 2.45) is 0 Å². The molecule has 2 rings (SSSR count). The largest absolute Gasteiger partial charge is 0.416 e. The van der Waals surface area contributed by atoms with Crippen LogP contribution in [0, 0.1) is 6.92 Å². The van der Waals surface area contributed by atoms with Crippen LogP contribution in [-0.4, -0.2) is 34.9 Å². The Hall–Kier alpha value is -2.78. The molecule has 0 bridgehead atoms. The van der Waals surface area contributed by atoms with Gasteiger partial charge in [-0.3, -0.25) is 15.0 Å². The lowest BCUT2D eigenvalue weighted by Crippen LogP contribution is -2.50. The van der Waals surface area contributed by atoms with Gasteiger partial charge in [-0.1, -0.05) is 13.0 Å². The predicted octanol–water partition coefficient (Wildman–Crippen LogP) is 2.18. The zero-order valence-electron chi connectivity index (χ0n) is 14.5. The van der Waals surface area contributed by atoms with Crippen LogP contribution in [0.3, 0.4) is 0 Å². The molecule has 7 nitrogen and oxygen atoms in total. The first-order chi connectivity index (χ1) is 12.0. The van der Waals surface area contributed by atoms with Crippen molar-refractivity contribution < 1.29 is 27.6 Å². The summed E-state index contributed by atoms with van der Waals surface area (Å²) >= 11 is 0. The minimum Gasteiger partial charge on any atom is -0.376 e. The molecule has 1 atom stereocenters. The van der Waals surface area contributed by atoms with Gasteiger partial charge >= 0.3 is 12.2 Å². The number of anilines is 1. The number of nitrogens with one attached hydrogen (secondary N) is 3. The lowest BCUT2D eigenvalue weighted by molar-refractivity contribution is -0.138. The number of benzene rings is 1. The van der Waals surface area contributed by atoms with Crippen molar-refractivity contribution in [1.29, 1.82) is 0 Å². The minimum absolute atomic E-state index is 0.0608. The van der Waals surface area contributed by atoms with Gasteiger partial charge in [0.05, 0.1) is 12.1 Å². The van der Waals surface area contributed by atoms with E-state index in [0.717, 1.165) is 6.07 Å². The highest BCUT2D eigenvalue weighted by Gasteiger charge is 2.47. The van der Waals surface area contributed by atoms with Crippen LogP contribution in [0.15, 0.2) is 18.2 Å². The van der Waals surface area contributed by atoms with E-state index in [0.29, 0.717) is 11.4 Å². The van der Waals surface area contributed by atoms with Gasteiger partial charge in [-0.05, 0) is 38.0 Å². The van der Waals surface area contributed by atoms with Crippen LogP contribution in [0.1, 0.15) is 31.4 Å². The van der Waals surface area contributed by atoms with Crippen LogP contribution < -0.4 is 16.1 Å². The lowest BCUT2D eigenvalue weighted by Gasteiger charge is -2.19. The first kappa shape index (κ1) is 19.5. The third-order valence-electron chi connectivity index (χ3n) is 4.20. The number of halogens is 3.